The molecule has 1 atom stereocenters. The minimum Gasteiger partial charge on any atom is -0.310 e. The third-order valence-electron chi connectivity index (χ3n) is 3.56. The zero-order valence-electron chi connectivity index (χ0n) is 12.0. The van der Waals surface area contributed by atoms with Crippen LogP contribution in [0.1, 0.15) is 36.9 Å². The van der Waals surface area contributed by atoms with E-state index in [4.69, 9.17) is 0 Å². The van der Waals surface area contributed by atoms with Crippen LogP contribution in [0, 0.1) is 0 Å². The maximum atomic E-state index is 3.66. The third kappa shape index (κ3) is 4.77. The van der Waals surface area contributed by atoms with Gasteiger partial charge < -0.3 is 5.32 Å². The second-order valence-corrected chi connectivity index (χ2v) is 5.97. The number of nitrogens with one attached hydrogen (secondary N) is 1. The van der Waals surface area contributed by atoms with Crippen LogP contribution in [0.25, 0.3) is 0 Å². The summed E-state index contributed by atoms with van der Waals surface area (Å²) in [6.45, 7) is 3.29. The van der Waals surface area contributed by atoms with Crippen molar-refractivity contribution in [3.05, 3.63) is 70.2 Å². The lowest BCUT2D eigenvalue weighted by Crippen LogP contribution is -2.22. The first kappa shape index (κ1) is 15.3. The van der Waals surface area contributed by atoms with Crippen LogP contribution in [0.5, 0.6) is 0 Å². The number of benzene rings is 2. The van der Waals surface area contributed by atoms with Crippen molar-refractivity contribution < 1.29 is 0 Å². The van der Waals surface area contributed by atoms with Crippen LogP contribution in [0.4, 0.5) is 0 Å². The molecule has 0 heterocycles. The first-order chi connectivity index (χ1) is 9.79. The molecule has 1 N–H and O–H groups in total. The van der Waals surface area contributed by atoms with Gasteiger partial charge in [0.1, 0.15) is 0 Å². The highest BCUT2D eigenvalue weighted by atomic mass is 79.9. The van der Waals surface area contributed by atoms with Gasteiger partial charge in [-0.1, -0.05) is 65.3 Å². The van der Waals surface area contributed by atoms with Gasteiger partial charge in [0.15, 0.2) is 0 Å². The molecule has 0 fully saturated rings. The summed E-state index contributed by atoms with van der Waals surface area (Å²) in [6, 6.07) is 19.8. The highest BCUT2D eigenvalue weighted by Crippen LogP contribution is 2.19. The molecule has 0 aliphatic rings. The molecule has 0 radical (unpaired) electrons. The summed E-state index contributed by atoms with van der Waals surface area (Å²) in [5, 5.41) is 3.66. The molecule has 2 rings (SSSR count). The largest absolute Gasteiger partial charge is 0.310 e. The van der Waals surface area contributed by atoms with Crippen molar-refractivity contribution in [2.75, 3.05) is 6.54 Å². The van der Waals surface area contributed by atoms with E-state index in [1.165, 1.54) is 17.5 Å². The van der Waals surface area contributed by atoms with Gasteiger partial charge in [0, 0.05) is 10.5 Å². The lowest BCUT2D eigenvalue weighted by molar-refractivity contribution is 0.510. The molecule has 0 amide bonds. The van der Waals surface area contributed by atoms with Crippen LogP contribution in [0.2, 0.25) is 0 Å². The fraction of sp³-hybridized carbons (Fsp3) is 0.333. The Labute approximate surface area is 130 Å². The van der Waals surface area contributed by atoms with E-state index in [2.05, 4.69) is 82.8 Å². The summed E-state index contributed by atoms with van der Waals surface area (Å²) in [5.41, 5.74) is 2.79. The van der Waals surface area contributed by atoms with Crippen molar-refractivity contribution in [3.63, 3.8) is 0 Å². The molecule has 0 aliphatic heterocycles. The van der Waals surface area contributed by atoms with Crippen molar-refractivity contribution in [2.24, 2.45) is 0 Å². The number of hydrogen-bond acceptors (Lipinski definition) is 1. The Balaban J connectivity index is 1.78. The van der Waals surface area contributed by atoms with Gasteiger partial charge in [-0.2, -0.15) is 0 Å². The monoisotopic (exact) mass is 331 g/mol. The normalized spacial score (nSPS) is 12.3. The molecule has 1 unspecified atom stereocenters. The molecule has 0 aromatic heterocycles. The molecular weight excluding hydrogens is 310 g/mol. The first-order valence-corrected chi connectivity index (χ1v) is 8.11. The molecule has 2 heteroatoms. The summed E-state index contributed by atoms with van der Waals surface area (Å²) in [4.78, 5) is 0. The Kier molecular flexibility index (Phi) is 6.28. The predicted octanol–water partition coefficient (Wildman–Crippen LogP) is 5.12. The molecule has 2 aromatic carbocycles. The summed E-state index contributed by atoms with van der Waals surface area (Å²) < 4.78 is 1.14. The fourth-order valence-corrected chi connectivity index (χ4v) is 2.67. The molecule has 0 saturated carbocycles. The van der Waals surface area contributed by atoms with Gasteiger partial charge in [0.25, 0.3) is 0 Å². The van der Waals surface area contributed by atoms with Crippen molar-refractivity contribution in [2.45, 2.75) is 32.2 Å². The average Bonchev–Trinajstić information content (AvgIpc) is 2.50. The van der Waals surface area contributed by atoms with Gasteiger partial charge in [-0.15, -0.1) is 0 Å². The van der Waals surface area contributed by atoms with Crippen molar-refractivity contribution >= 4 is 15.9 Å². The molecule has 0 aliphatic carbocycles. The Morgan fingerprint density at radius 1 is 1.00 bits per heavy atom. The number of rotatable bonds is 7. The fourth-order valence-electron chi connectivity index (χ4n) is 2.41. The molecule has 0 bridgehead atoms. The number of halogens is 1. The number of aryl methyl sites for hydroxylation is 1. The molecule has 2 aromatic rings. The van der Waals surface area contributed by atoms with Gasteiger partial charge in [-0.05, 0) is 49.1 Å². The van der Waals surface area contributed by atoms with E-state index in [0.29, 0.717) is 6.04 Å². The zero-order chi connectivity index (χ0) is 14.2. The second-order valence-electron chi connectivity index (χ2n) is 5.06. The maximum Gasteiger partial charge on any atom is 0.0317 e. The topological polar surface area (TPSA) is 12.0 Å². The summed E-state index contributed by atoms with van der Waals surface area (Å²) in [7, 11) is 0. The van der Waals surface area contributed by atoms with Crippen LogP contribution in [0.3, 0.4) is 0 Å². The summed E-state index contributed by atoms with van der Waals surface area (Å²) in [5.74, 6) is 0. The van der Waals surface area contributed by atoms with Crippen molar-refractivity contribution in [3.8, 4) is 0 Å². The summed E-state index contributed by atoms with van der Waals surface area (Å²) >= 11 is 3.49. The molecule has 1 nitrogen and oxygen atoms in total. The molecule has 0 saturated heterocycles. The minimum atomic E-state index is 0.457. The molecule has 0 spiro atoms. The Morgan fingerprint density at radius 3 is 2.35 bits per heavy atom. The van der Waals surface area contributed by atoms with Crippen molar-refractivity contribution in [1.82, 2.24) is 5.32 Å². The molecule has 106 valence electrons. The third-order valence-corrected chi connectivity index (χ3v) is 4.09. The maximum absolute atomic E-state index is 3.66. The van der Waals surface area contributed by atoms with Gasteiger partial charge in [0.05, 0.1) is 0 Å². The van der Waals surface area contributed by atoms with Crippen LogP contribution in [0.15, 0.2) is 59.1 Å². The standard InChI is InChI=1S/C18H22BrN/c1-2-18(16-10-12-17(19)13-11-16)20-14-6-9-15-7-4-3-5-8-15/h3-5,7-8,10-13,18,20H,2,6,9,14H2,1H3. The minimum absolute atomic E-state index is 0.457. The lowest BCUT2D eigenvalue weighted by Gasteiger charge is -2.17. The van der Waals surface area contributed by atoms with Crippen LogP contribution in [-0.2, 0) is 6.42 Å². The van der Waals surface area contributed by atoms with Crippen molar-refractivity contribution in [1.29, 1.82) is 0 Å². The SMILES string of the molecule is CCC(NCCCc1ccccc1)c1ccc(Br)cc1. The average molecular weight is 332 g/mol. The first-order valence-electron chi connectivity index (χ1n) is 7.32. The number of hydrogen-bond donors (Lipinski definition) is 1. The highest BCUT2D eigenvalue weighted by Gasteiger charge is 2.07. The Hall–Kier alpha value is -1.12. The van der Waals surface area contributed by atoms with Crippen LogP contribution < -0.4 is 5.32 Å². The highest BCUT2D eigenvalue weighted by molar-refractivity contribution is 9.10. The van der Waals surface area contributed by atoms with Gasteiger partial charge in [0.2, 0.25) is 0 Å². The Bertz CT molecular complexity index is 493. The van der Waals surface area contributed by atoms with E-state index in [1.807, 2.05) is 0 Å². The van der Waals surface area contributed by atoms with Gasteiger partial charge in [-0.3, -0.25) is 0 Å². The van der Waals surface area contributed by atoms with Crippen LogP contribution in [-0.4, -0.2) is 6.54 Å². The van der Waals surface area contributed by atoms with E-state index >= 15 is 0 Å². The quantitative estimate of drug-likeness (QED) is 0.694. The molecule has 20 heavy (non-hydrogen) atoms. The van der Waals surface area contributed by atoms with E-state index < -0.39 is 0 Å². The lowest BCUT2D eigenvalue weighted by atomic mass is 10.0. The Morgan fingerprint density at radius 2 is 1.70 bits per heavy atom. The molecular formula is C18H22BrN. The zero-order valence-corrected chi connectivity index (χ0v) is 13.6. The van der Waals surface area contributed by atoms with E-state index in [-0.39, 0.29) is 0 Å². The smallest absolute Gasteiger partial charge is 0.0317 e. The second kappa shape index (κ2) is 8.23. The van der Waals surface area contributed by atoms with Crippen LogP contribution >= 0.6 is 15.9 Å². The van der Waals surface area contributed by atoms with Gasteiger partial charge in [-0.25, -0.2) is 0 Å². The van der Waals surface area contributed by atoms with Gasteiger partial charge >= 0.3 is 0 Å². The summed E-state index contributed by atoms with van der Waals surface area (Å²) in [6.07, 6.45) is 3.44. The van der Waals surface area contributed by atoms with E-state index in [9.17, 15) is 0 Å². The van der Waals surface area contributed by atoms with E-state index in [1.54, 1.807) is 0 Å². The predicted molar refractivity (Wildman–Crippen MR) is 89.9 cm³/mol. The van der Waals surface area contributed by atoms with E-state index in [0.717, 1.165) is 23.9 Å².